The largest absolute Gasteiger partial charge is 0.418 e. The van der Waals surface area contributed by atoms with Crippen LogP contribution in [0.1, 0.15) is 11.4 Å². The molecular weight excluding hydrogens is 288 g/mol. The molecule has 0 fully saturated rings. The Morgan fingerprint density at radius 1 is 1.24 bits per heavy atom. The number of rotatable bonds is 2. The molecule has 1 aromatic carbocycles. The number of alkyl halides is 3. The highest BCUT2D eigenvalue weighted by atomic mass is 19.4. The molecule has 0 bridgehead atoms. The molecule has 0 saturated carbocycles. The van der Waals surface area contributed by atoms with Gasteiger partial charge in [0.15, 0.2) is 5.82 Å². The Hall–Kier alpha value is -2.38. The van der Waals surface area contributed by atoms with Crippen LogP contribution in [0.4, 0.5) is 29.1 Å². The highest BCUT2D eigenvalue weighted by Gasteiger charge is 2.34. The SMILES string of the molecule is Fc1ccc(Nc2cnc3n2CCN=C3)c(C(F)(F)F)c1. The monoisotopic (exact) mass is 298 g/mol. The number of aromatic nitrogens is 2. The standard InChI is InChI=1S/C13H10F4N4/c14-8-1-2-10(9(5-8)13(15,16)17)20-12-7-19-11-6-18-3-4-21(11)12/h1-2,5-7,20H,3-4H2. The van der Waals surface area contributed by atoms with E-state index in [-0.39, 0.29) is 5.69 Å². The van der Waals surface area contributed by atoms with Crippen molar-refractivity contribution in [3.05, 3.63) is 41.6 Å². The summed E-state index contributed by atoms with van der Waals surface area (Å²) < 4.78 is 53.6. The van der Waals surface area contributed by atoms with Crippen LogP contribution in [-0.2, 0) is 12.7 Å². The van der Waals surface area contributed by atoms with E-state index in [1.165, 1.54) is 6.20 Å². The summed E-state index contributed by atoms with van der Waals surface area (Å²) in [5.74, 6) is 0.0444. The highest BCUT2D eigenvalue weighted by Crippen LogP contribution is 2.36. The maximum absolute atomic E-state index is 13.1. The molecule has 0 atom stereocenters. The molecule has 8 heteroatoms. The number of hydrogen-bond acceptors (Lipinski definition) is 3. The maximum atomic E-state index is 13.1. The predicted molar refractivity (Wildman–Crippen MR) is 69.4 cm³/mol. The summed E-state index contributed by atoms with van der Waals surface area (Å²) in [5.41, 5.74) is -1.27. The molecule has 1 aliphatic heterocycles. The third-order valence-corrected chi connectivity index (χ3v) is 3.10. The van der Waals surface area contributed by atoms with Gasteiger partial charge >= 0.3 is 6.18 Å². The van der Waals surface area contributed by atoms with Crippen molar-refractivity contribution >= 4 is 17.7 Å². The molecule has 1 N–H and O–H groups in total. The van der Waals surface area contributed by atoms with E-state index in [1.807, 2.05) is 0 Å². The van der Waals surface area contributed by atoms with E-state index in [2.05, 4.69) is 15.3 Å². The van der Waals surface area contributed by atoms with Crippen LogP contribution in [0.25, 0.3) is 0 Å². The Kier molecular flexibility index (Phi) is 3.15. The van der Waals surface area contributed by atoms with E-state index in [9.17, 15) is 17.6 Å². The summed E-state index contributed by atoms with van der Waals surface area (Å²) in [4.78, 5) is 8.10. The molecule has 2 aromatic rings. The molecule has 0 aliphatic carbocycles. The van der Waals surface area contributed by atoms with Gasteiger partial charge < -0.3 is 9.88 Å². The fraction of sp³-hybridized carbons (Fsp3) is 0.231. The van der Waals surface area contributed by atoms with Gasteiger partial charge in [-0.15, -0.1) is 0 Å². The number of nitrogens with one attached hydrogen (secondary N) is 1. The lowest BCUT2D eigenvalue weighted by Gasteiger charge is -2.17. The van der Waals surface area contributed by atoms with Crippen molar-refractivity contribution < 1.29 is 17.6 Å². The molecule has 0 amide bonds. The van der Waals surface area contributed by atoms with Crippen LogP contribution in [0.5, 0.6) is 0 Å². The van der Waals surface area contributed by atoms with E-state index in [0.717, 1.165) is 12.1 Å². The summed E-state index contributed by atoms with van der Waals surface area (Å²) in [6, 6.07) is 2.51. The number of aliphatic imine (C=N–C) groups is 1. The molecule has 0 spiro atoms. The van der Waals surface area contributed by atoms with Crippen LogP contribution in [0.3, 0.4) is 0 Å². The van der Waals surface area contributed by atoms with Crippen molar-refractivity contribution in [2.24, 2.45) is 4.99 Å². The zero-order valence-corrected chi connectivity index (χ0v) is 10.7. The van der Waals surface area contributed by atoms with Gasteiger partial charge in [-0.1, -0.05) is 0 Å². The zero-order valence-electron chi connectivity index (χ0n) is 10.7. The van der Waals surface area contributed by atoms with Crippen LogP contribution < -0.4 is 5.32 Å². The Balaban J connectivity index is 1.99. The van der Waals surface area contributed by atoms with Crippen molar-refractivity contribution in [3.8, 4) is 0 Å². The average molecular weight is 298 g/mol. The second-order valence-electron chi connectivity index (χ2n) is 4.50. The number of nitrogens with zero attached hydrogens (tertiary/aromatic N) is 3. The summed E-state index contributed by atoms with van der Waals surface area (Å²) in [6.07, 6.45) is -1.66. The summed E-state index contributed by atoms with van der Waals surface area (Å²) in [5, 5.41) is 2.67. The van der Waals surface area contributed by atoms with Crippen LogP contribution >= 0.6 is 0 Å². The first-order valence-electron chi connectivity index (χ1n) is 6.14. The minimum Gasteiger partial charge on any atom is -0.340 e. The van der Waals surface area contributed by atoms with Gasteiger partial charge in [0.05, 0.1) is 30.2 Å². The van der Waals surface area contributed by atoms with Crippen molar-refractivity contribution in [1.82, 2.24) is 9.55 Å². The fourth-order valence-corrected chi connectivity index (χ4v) is 2.13. The first kappa shape index (κ1) is 13.6. The minimum absolute atomic E-state index is 0.214. The van der Waals surface area contributed by atoms with E-state index < -0.39 is 17.6 Å². The first-order valence-corrected chi connectivity index (χ1v) is 6.14. The summed E-state index contributed by atoms with van der Waals surface area (Å²) in [7, 11) is 0. The first-order chi connectivity index (χ1) is 9.95. The molecule has 110 valence electrons. The smallest absolute Gasteiger partial charge is 0.340 e. The fourth-order valence-electron chi connectivity index (χ4n) is 2.13. The third-order valence-electron chi connectivity index (χ3n) is 3.10. The number of hydrogen-bond donors (Lipinski definition) is 1. The molecule has 1 aromatic heterocycles. The van der Waals surface area contributed by atoms with Crippen molar-refractivity contribution in [1.29, 1.82) is 0 Å². The summed E-state index contributed by atoms with van der Waals surface area (Å²) in [6.45, 7) is 1.06. The Bertz CT molecular complexity index is 703. The molecule has 0 saturated heterocycles. The lowest BCUT2D eigenvalue weighted by atomic mass is 10.1. The number of anilines is 2. The van der Waals surface area contributed by atoms with Gasteiger partial charge in [-0.3, -0.25) is 4.99 Å². The van der Waals surface area contributed by atoms with Gasteiger partial charge in [0.2, 0.25) is 0 Å². The zero-order chi connectivity index (χ0) is 15.0. The van der Waals surface area contributed by atoms with Crippen molar-refractivity contribution in [2.75, 3.05) is 11.9 Å². The van der Waals surface area contributed by atoms with Crippen LogP contribution in [0.2, 0.25) is 0 Å². The minimum atomic E-state index is -4.64. The van der Waals surface area contributed by atoms with Gasteiger partial charge in [-0.05, 0) is 18.2 Å². The molecule has 0 radical (unpaired) electrons. The predicted octanol–water partition coefficient (Wildman–Crippen LogP) is 3.22. The highest BCUT2D eigenvalue weighted by molar-refractivity contribution is 5.77. The average Bonchev–Trinajstić information content (AvgIpc) is 2.83. The molecule has 0 unspecified atom stereocenters. The Morgan fingerprint density at radius 2 is 2.05 bits per heavy atom. The topological polar surface area (TPSA) is 42.2 Å². The number of fused-ring (bicyclic) bond motifs is 1. The Labute approximate surface area is 117 Å². The van der Waals surface area contributed by atoms with E-state index in [0.29, 0.717) is 30.8 Å². The van der Waals surface area contributed by atoms with Gasteiger partial charge in [0.1, 0.15) is 11.6 Å². The quantitative estimate of drug-likeness (QED) is 0.865. The number of halogens is 4. The summed E-state index contributed by atoms with van der Waals surface area (Å²) >= 11 is 0. The van der Waals surface area contributed by atoms with Crippen LogP contribution in [0, 0.1) is 5.82 Å². The molecule has 21 heavy (non-hydrogen) atoms. The molecule has 3 rings (SSSR count). The van der Waals surface area contributed by atoms with E-state index >= 15 is 0 Å². The molecule has 2 heterocycles. The van der Waals surface area contributed by atoms with Gasteiger partial charge in [-0.25, -0.2) is 9.37 Å². The molecule has 4 nitrogen and oxygen atoms in total. The molecular formula is C13H10F4N4. The van der Waals surface area contributed by atoms with E-state index in [4.69, 9.17) is 0 Å². The second kappa shape index (κ2) is 4.87. The lowest BCUT2D eigenvalue weighted by molar-refractivity contribution is -0.137. The third kappa shape index (κ3) is 2.61. The Morgan fingerprint density at radius 3 is 2.81 bits per heavy atom. The van der Waals surface area contributed by atoms with E-state index in [1.54, 1.807) is 10.8 Å². The maximum Gasteiger partial charge on any atom is 0.418 e. The van der Waals surface area contributed by atoms with Crippen LogP contribution in [0.15, 0.2) is 29.4 Å². The van der Waals surface area contributed by atoms with Crippen molar-refractivity contribution in [2.45, 2.75) is 12.7 Å². The van der Waals surface area contributed by atoms with Gasteiger partial charge in [0.25, 0.3) is 0 Å². The second-order valence-corrected chi connectivity index (χ2v) is 4.50. The molecule has 1 aliphatic rings. The number of imidazole rings is 1. The normalized spacial score (nSPS) is 14.1. The number of benzene rings is 1. The van der Waals surface area contributed by atoms with Crippen molar-refractivity contribution in [3.63, 3.8) is 0 Å². The van der Waals surface area contributed by atoms with Gasteiger partial charge in [0, 0.05) is 6.54 Å². The van der Waals surface area contributed by atoms with Gasteiger partial charge in [-0.2, -0.15) is 13.2 Å². The van der Waals surface area contributed by atoms with Crippen LogP contribution in [-0.4, -0.2) is 22.3 Å². The lowest BCUT2D eigenvalue weighted by Crippen LogP contribution is -2.15.